The van der Waals surface area contributed by atoms with E-state index < -0.39 is 0 Å². The second-order valence-electron chi connectivity index (χ2n) is 6.72. The highest BCUT2D eigenvalue weighted by atomic mass is 32.2. The van der Waals surface area contributed by atoms with E-state index in [9.17, 15) is 9.59 Å². The number of thioether (sulfide) groups is 1. The summed E-state index contributed by atoms with van der Waals surface area (Å²) in [4.78, 5) is 24.7. The molecule has 6 heteroatoms. The minimum atomic E-state index is -0.341. The fourth-order valence-electron chi connectivity index (χ4n) is 2.88. The molecular formula is C22H28N2O3S. The van der Waals surface area contributed by atoms with E-state index in [0.29, 0.717) is 12.3 Å². The van der Waals surface area contributed by atoms with Crippen molar-refractivity contribution in [3.63, 3.8) is 0 Å². The first-order chi connectivity index (χ1) is 13.3. The molecule has 0 radical (unpaired) electrons. The third kappa shape index (κ3) is 6.30. The minimum Gasteiger partial charge on any atom is -0.494 e. The summed E-state index contributed by atoms with van der Waals surface area (Å²) in [5.41, 5.74) is 4.80. The maximum absolute atomic E-state index is 12.5. The van der Waals surface area contributed by atoms with Crippen molar-refractivity contribution >= 4 is 35.0 Å². The van der Waals surface area contributed by atoms with Crippen molar-refractivity contribution < 1.29 is 14.3 Å². The molecule has 0 saturated heterocycles. The van der Waals surface area contributed by atoms with Gasteiger partial charge in [0.1, 0.15) is 5.75 Å². The van der Waals surface area contributed by atoms with E-state index in [4.69, 9.17) is 4.74 Å². The van der Waals surface area contributed by atoms with Crippen LogP contribution in [0.15, 0.2) is 36.4 Å². The van der Waals surface area contributed by atoms with Crippen molar-refractivity contribution in [1.29, 1.82) is 0 Å². The third-order valence-electron chi connectivity index (χ3n) is 4.21. The summed E-state index contributed by atoms with van der Waals surface area (Å²) < 4.78 is 5.38. The number of nitrogens with one attached hydrogen (secondary N) is 2. The molecule has 0 spiro atoms. The van der Waals surface area contributed by atoms with Crippen LogP contribution < -0.4 is 15.4 Å². The molecule has 2 aromatic carbocycles. The molecule has 0 aliphatic heterocycles. The second-order valence-corrected chi connectivity index (χ2v) is 8.05. The largest absolute Gasteiger partial charge is 0.494 e. The van der Waals surface area contributed by atoms with Gasteiger partial charge in [-0.15, -0.1) is 11.8 Å². The van der Waals surface area contributed by atoms with Crippen molar-refractivity contribution in [1.82, 2.24) is 0 Å². The maximum Gasteiger partial charge on any atom is 0.237 e. The zero-order valence-corrected chi connectivity index (χ0v) is 17.9. The van der Waals surface area contributed by atoms with Gasteiger partial charge in [-0.1, -0.05) is 17.7 Å². The average Bonchev–Trinajstić information content (AvgIpc) is 2.64. The van der Waals surface area contributed by atoms with Crippen LogP contribution in [0.4, 0.5) is 11.4 Å². The molecule has 2 rings (SSSR count). The number of aryl methyl sites for hydroxylation is 3. The van der Waals surface area contributed by atoms with Crippen molar-refractivity contribution in [2.75, 3.05) is 23.0 Å². The van der Waals surface area contributed by atoms with Crippen molar-refractivity contribution in [3.8, 4) is 5.75 Å². The standard InChI is InChI=1S/C22H28N2O3S/c1-6-27-19-9-7-18(8-10-19)23-20(25)13-28-17(5)22(26)24-21-15(3)11-14(2)12-16(21)4/h7-12,17H,6,13H2,1-5H3,(H,23,25)(H,24,26)/t17-/m0/s1. The van der Waals surface area contributed by atoms with Crippen molar-refractivity contribution in [2.45, 2.75) is 39.9 Å². The van der Waals surface area contributed by atoms with E-state index in [1.165, 1.54) is 17.3 Å². The third-order valence-corrected chi connectivity index (χ3v) is 5.35. The molecule has 0 aromatic heterocycles. The fraction of sp³-hybridized carbons (Fsp3) is 0.364. The number of ether oxygens (including phenoxy) is 1. The molecule has 0 aliphatic carbocycles. The Hall–Kier alpha value is -2.47. The molecule has 2 N–H and O–H groups in total. The van der Waals surface area contributed by atoms with E-state index >= 15 is 0 Å². The topological polar surface area (TPSA) is 67.4 Å². The SMILES string of the molecule is CCOc1ccc(NC(=O)CS[C@@H](C)C(=O)Nc2c(C)cc(C)cc2C)cc1. The Kier molecular flexibility index (Phi) is 7.93. The van der Waals surface area contributed by atoms with Crippen molar-refractivity contribution in [2.24, 2.45) is 0 Å². The molecule has 5 nitrogen and oxygen atoms in total. The number of amides is 2. The van der Waals surface area contributed by atoms with Gasteiger partial charge in [0.2, 0.25) is 11.8 Å². The van der Waals surface area contributed by atoms with Gasteiger partial charge in [-0.3, -0.25) is 9.59 Å². The number of carbonyl (C=O) groups is 2. The van der Waals surface area contributed by atoms with Crippen LogP contribution >= 0.6 is 11.8 Å². The summed E-state index contributed by atoms with van der Waals surface area (Å²) in [5, 5.41) is 5.48. The van der Waals surface area contributed by atoms with Crippen LogP contribution in [0, 0.1) is 20.8 Å². The van der Waals surface area contributed by atoms with Gasteiger partial charge >= 0.3 is 0 Å². The van der Waals surface area contributed by atoms with Gasteiger partial charge in [0, 0.05) is 11.4 Å². The molecule has 28 heavy (non-hydrogen) atoms. The van der Waals surface area contributed by atoms with E-state index in [0.717, 1.165) is 22.6 Å². The number of anilines is 2. The second kappa shape index (κ2) is 10.2. The molecule has 0 bridgehead atoms. The van der Waals surface area contributed by atoms with Crippen LogP contribution in [0.25, 0.3) is 0 Å². The fourth-order valence-corrected chi connectivity index (χ4v) is 3.56. The molecule has 0 saturated carbocycles. The molecule has 0 aliphatic rings. The lowest BCUT2D eigenvalue weighted by Gasteiger charge is -2.16. The number of rotatable bonds is 8. The van der Waals surface area contributed by atoms with Gasteiger partial charge in [0.25, 0.3) is 0 Å². The lowest BCUT2D eigenvalue weighted by atomic mass is 10.1. The van der Waals surface area contributed by atoms with Crippen LogP contribution in [-0.2, 0) is 9.59 Å². The predicted molar refractivity (Wildman–Crippen MR) is 117 cm³/mol. The van der Waals surface area contributed by atoms with Crippen LogP contribution in [0.2, 0.25) is 0 Å². The normalized spacial score (nSPS) is 11.6. The molecule has 2 aromatic rings. The van der Waals surface area contributed by atoms with Gasteiger partial charge in [0.05, 0.1) is 17.6 Å². The van der Waals surface area contributed by atoms with Crippen LogP contribution in [0.1, 0.15) is 30.5 Å². The Morgan fingerprint density at radius 1 is 1.04 bits per heavy atom. The monoisotopic (exact) mass is 400 g/mol. The summed E-state index contributed by atoms with van der Waals surface area (Å²) in [6.45, 7) is 10.3. The Bertz CT molecular complexity index is 811. The lowest BCUT2D eigenvalue weighted by molar-refractivity contribution is -0.115. The van der Waals surface area contributed by atoms with E-state index in [1.807, 2.05) is 58.9 Å². The number of carbonyl (C=O) groups excluding carboxylic acids is 2. The molecule has 0 unspecified atom stereocenters. The number of hydrogen-bond acceptors (Lipinski definition) is 4. The van der Waals surface area contributed by atoms with E-state index in [-0.39, 0.29) is 22.8 Å². The van der Waals surface area contributed by atoms with Gasteiger partial charge in [0.15, 0.2) is 0 Å². The quantitative estimate of drug-likeness (QED) is 0.673. The van der Waals surface area contributed by atoms with Crippen LogP contribution in [0.5, 0.6) is 5.75 Å². The van der Waals surface area contributed by atoms with Gasteiger partial charge in [-0.2, -0.15) is 0 Å². The molecule has 1 atom stereocenters. The highest BCUT2D eigenvalue weighted by Gasteiger charge is 2.17. The minimum absolute atomic E-state index is 0.103. The van der Waals surface area contributed by atoms with Gasteiger partial charge in [-0.05, 0) is 70.0 Å². The summed E-state index contributed by atoms with van der Waals surface area (Å²) in [5.74, 6) is 0.723. The molecule has 2 amide bonds. The molecule has 0 heterocycles. The summed E-state index contributed by atoms with van der Waals surface area (Å²) in [6, 6.07) is 11.3. The van der Waals surface area contributed by atoms with E-state index in [1.54, 1.807) is 12.1 Å². The lowest BCUT2D eigenvalue weighted by Crippen LogP contribution is -2.25. The average molecular weight is 401 g/mol. The maximum atomic E-state index is 12.5. The van der Waals surface area contributed by atoms with Crippen LogP contribution in [0.3, 0.4) is 0 Å². The first-order valence-corrected chi connectivity index (χ1v) is 10.4. The number of benzene rings is 2. The Labute approximate surface area is 171 Å². The zero-order chi connectivity index (χ0) is 20.7. The molecular weight excluding hydrogens is 372 g/mol. The predicted octanol–water partition coefficient (Wildman–Crippen LogP) is 4.71. The van der Waals surface area contributed by atoms with Gasteiger partial charge < -0.3 is 15.4 Å². The summed E-state index contributed by atoms with van der Waals surface area (Å²) in [6.07, 6.45) is 0. The Balaban J connectivity index is 1.84. The first-order valence-electron chi connectivity index (χ1n) is 9.33. The summed E-state index contributed by atoms with van der Waals surface area (Å²) >= 11 is 1.31. The zero-order valence-electron chi connectivity index (χ0n) is 17.1. The summed E-state index contributed by atoms with van der Waals surface area (Å²) in [7, 11) is 0. The molecule has 0 fully saturated rings. The Morgan fingerprint density at radius 2 is 1.64 bits per heavy atom. The smallest absolute Gasteiger partial charge is 0.237 e. The highest BCUT2D eigenvalue weighted by molar-refractivity contribution is 8.01. The van der Waals surface area contributed by atoms with Crippen molar-refractivity contribution in [3.05, 3.63) is 53.1 Å². The first kappa shape index (κ1) is 21.8. The van der Waals surface area contributed by atoms with Gasteiger partial charge in [-0.25, -0.2) is 0 Å². The van der Waals surface area contributed by atoms with Crippen LogP contribution in [-0.4, -0.2) is 29.4 Å². The van der Waals surface area contributed by atoms with E-state index in [2.05, 4.69) is 10.6 Å². The highest BCUT2D eigenvalue weighted by Crippen LogP contribution is 2.23. The molecule has 150 valence electrons. The number of hydrogen-bond donors (Lipinski definition) is 2. The Morgan fingerprint density at radius 3 is 2.21 bits per heavy atom.